The van der Waals surface area contributed by atoms with Crippen molar-refractivity contribution in [3.63, 3.8) is 0 Å². The highest BCUT2D eigenvalue weighted by Gasteiger charge is 2.18. The third-order valence-corrected chi connectivity index (χ3v) is 2.34. The lowest BCUT2D eigenvalue weighted by atomic mass is 9.98. The standard InChI is InChI=1S/C11H12O2/c1-7-3-8(2)10-5-9(12)6-13-11(10)4-7/h3-4H,5-6H2,1-2H3. The number of carbonyl (C=O) groups is 1. The number of carbonyl (C=O) groups excluding carboxylic acids is 1. The first kappa shape index (κ1) is 8.30. The molecule has 0 spiro atoms. The van der Waals surface area contributed by atoms with Gasteiger partial charge < -0.3 is 4.74 Å². The van der Waals surface area contributed by atoms with Gasteiger partial charge in [0.1, 0.15) is 12.4 Å². The van der Waals surface area contributed by atoms with Gasteiger partial charge in [-0.15, -0.1) is 0 Å². The van der Waals surface area contributed by atoms with Crippen molar-refractivity contribution < 1.29 is 9.53 Å². The van der Waals surface area contributed by atoms with Gasteiger partial charge in [-0.05, 0) is 31.0 Å². The van der Waals surface area contributed by atoms with Crippen LogP contribution >= 0.6 is 0 Å². The van der Waals surface area contributed by atoms with Crippen molar-refractivity contribution in [3.8, 4) is 5.75 Å². The topological polar surface area (TPSA) is 26.3 Å². The Morgan fingerprint density at radius 1 is 1.31 bits per heavy atom. The summed E-state index contributed by atoms with van der Waals surface area (Å²) in [4.78, 5) is 11.1. The molecule has 2 rings (SSSR count). The molecule has 1 aromatic carbocycles. The average Bonchev–Trinajstić information content (AvgIpc) is 2.06. The average molecular weight is 176 g/mol. The second-order valence-corrected chi connectivity index (χ2v) is 3.56. The summed E-state index contributed by atoms with van der Waals surface area (Å²) in [5.41, 5.74) is 3.40. The molecule has 1 heterocycles. The van der Waals surface area contributed by atoms with Gasteiger partial charge in [-0.3, -0.25) is 4.79 Å². The molecule has 1 aromatic rings. The molecule has 0 unspecified atom stereocenters. The quantitative estimate of drug-likeness (QED) is 0.602. The van der Waals surface area contributed by atoms with Crippen LogP contribution < -0.4 is 4.74 Å². The Hall–Kier alpha value is -1.31. The van der Waals surface area contributed by atoms with Crippen molar-refractivity contribution >= 4 is 5.78 Å². The molecule has 0 N–H and O–H groups in total. The zero-order chi connectivity index (χ0) is 9.42. The predicted molar refractivity (Wildman–Crippen MR) is 50.1 cm³/mol. The number of fused-ring (bicyclic) bond motifs is 1. The van der Waals surface area contributed by atoms with E-state index in [0.29, 0.717) is 6.42 Å². The Labute approximate surface area is 77.5 Å². The van der Waals surface area contributed by atoms with Gasteiger partial charge in [-0.1, -0.05) is 6.07 Å². The molecule has 0 amide bonds. The van der Waals surface area contributed by atoms with Gasteiger partial charge in [0.15, 0.2) is 5.78 Å². The van der Waals surface area contributed by atoms with Gasteiger partial charge in [-0.2, -0.15) is 0 Å². The van der Waals surface area contributed by atoms with Gasteiger partial charge in [0.25, 0.3) is 0 Å². The van der Waals surface area contributed by atoms with Crippen LogP contribution in [0.25, 0.3) is 0 Å². The van der Waals surface area contributed by atoms with E-state index in [4.69, 9.17) is 4.74 Å². The predicted octanol–water partition coefficient (Wildman–Crippen LogP) is 1.81. The molecule has 0 atom stereocenters. The highest BCUT2D eigenvalue weighted by Crippen LogP contribution is 2.27. The summed E-state index contributed by atoms with van der Waals surface area (Å²) in [5.74, 6) is 1.05. The number of Topliss-reactive ketones (excluding diaryl/α,β-unsaturated/α-hetero) is 1. The Morgan fingerprint density at radius 3 is 2.85 bits per heavy atom. The van der Waals surface area contributed by atoms with E-state index in [-0.39, 0.29) is 12.4 Å². The van der Waals surface area contributed by atoms with Gasteiger partial charge in [0.2, 0.25) is 0 Å². The molecular weight excluding hydrogens is 164 g/mol. The number of ketones is 1. The fraction of sp³-hybridized carbons (Fsp3) is 0.364. The van der Waals surface area contributed by atoms with Gasteiger partial charge >= 0.3 is 0 Å². The smallest absolute Gasteiger partial charge is 0.174 e. The molecule has 0 aromatic heterocycles. The summed E-state index contributed by atoms with van der Waals surface area (Å²) >= 11 is 0. The van der Waals surface area contributed by atoms with E-state index < -0.39 is 0 Å². The minimum absolute atomic E-state index is 0.166. The lowest BCUT2D eigenvalue weighted by Crippen LogP contribution is -2.21. The van der Waals surface area contributed by atoms with Crippen molar-refractivity contribution in [1.29, 1.82) is 0 Å². The van der Waals surface area contributed by atoms with Crippen LogP contribution in [0.3, 0.4) is 0 Å². The molecule has 0 fully saturated rings. The van der Waals surface area contributed by atoms with E-state index in [0.717, 1.165) is 16.9 Å². The Kier molecular flexibility index (Phi) is 1.83. The lowest BCUT2D eigenvalue weighted by Gasteiger charge is -2.18. The van der Waals surface area contributed by atoms with Crippen molar-refractivity contribution in [2.75, 3.05) is 6.61 Å². The zero-order valence-electron chi connectivity index (χ0n) is 7.89. The summed E-state index contributed by atoms with van der Waals surface area (Å²) in [6, 6.07) is 4.08. The Balaban J connectivity index is 2.53. The summed E-state index contributed by atoms with van der Waals surface area (Å²) in [7, 11) is 0. The minimum Gasteiger partial charge on any atom is -0.486 e. The molecule has 13 heavy (non-hydrogen) atoms. The van der Waals surface area contributed by atoms with Crippen LogP contribution in [0.2, 0.25) is 0 Å². The first-order valence-electron chi connectivity index (χ1n) is 4.41. The van der Waals surface area contributed by atoms with Crippen LogP contribution in [-0.4, -0.2) is 12.4 Å². The fourth-order valence-corrected chi connectivity index (χ4v) is 1.72. The molecule has 0 bridgehead atoms. The van der Waals surface area contributed by atoms with Gasteiger partial charge in [-0.25, -0.2) is 0 Å². The van der Waals surface area contributed by atoms with Crippen molar-refractivity contribution in [3.05, 3.63) is 28.8 Å². The number of hydrogen-bond donors (Lipinski definition) is 0. The van der Waals surface area contributed by atoms with E-state index in [1.165, 1.54) is 5.56 Å². The van der Waals surface area contributed by atoms with E-state index in [1.807, 2.05) is 19.9 Å². The first-order valence-corrected chi connectivity index (χ1v) is 4.41. The van der Waals surface area contributed by atoms with Crippen LogP contribution in [0.15, 0.2) is 12.1 Å². The van der Waals surface area contributed by atoms with E-state index >= 15 is 0 Å². The van der Waals surface area contributed by atoms with Crippen molar-refractivity contribution in [2.24, 2.45) is 0 Å². The number of rotatable bonds is 0. The highest BCUT2D eigenvalue weighted by molar-refractivity contribution is 5.85. The Bertz CT molecular complexity index is 367. The van der Waals surface area contributed by atoms with Crippen LogP contribution in [0, 0.1) is 13.8 Å². The second kappa shape index (κ2) is 2.87. The second-order valence-electron chi connectivity index (χ2n) is 3.56. The van der Waals surface area contributed by atoms with Crippen molar-refractivity contribution in [1.82, 2.24) is 0 Å². The molecular formula is C11H12O2. The summed E-state index contributed by atoms with van der Waals surface area (Å²) in [6.07, 6.45) is 0.529. The molecule has 0 radical (unpaired) electrons. The molecule has 0 aliphatic carbocycles. The number of hydrogen-bond acceptors (Lipinski definition) is 2. The molecule has 0 saturated carbocycles. The molecule has 2 nitrogen and oxygen atoms in total. The van der Waals surface area contributed by atoms with Gasteiger partial charge in [0.05, 0.1) is 0 Å². The van der Waals surface area contributed by atoms with Crippen LogP contribution in [0.4, 0.5) is 0 Å². The minimum atomic E-state index is 0.166. The molecule has 68 valence electrons. The summed E-state index contributed by atoms with van der Waals surface area (Å²) < 4.78 is 5.35. The zero-order valence-corrected chi connectivity index (χ0v) is 7.89. The maximum Gasteiger partial charge on any atom is 0.174 e. The molecule has 1 aliphatic rings. The monoisotopic (exact) mass is 176 g/mol. The van der Waals surface area contributed by atoms with Crippen LogP contribution in [-0.2, 0) is 11.2 Å². The normalized spacial score (nSPS) is 15.1. The van der Waals surface area contributed by atoms with E-state index in [9.17, 15) is 4.79 Å². The van der Waals surface area contributed by atoms with Gasteiger partial charge in [0, 0.05) is 12.0 Å². The Morgan fingerprint density at radius 2 is 2.08 bits per heavy atom. The van der Waals surface area contributed by atoms with Crippen molar-refractivity contribution in [2.45, 2.75) is 20.3 Å². The number of aryl methyl sites for hydroxylation is 2. The molecule has 2 heteroatoms. The summed E-state index contributed by atoms with van der Waals surface area (Å²) in [5, 5.41) is 0. The highest BCUT2D eigenvalue weighted by atomic mass is 16.5. The van der Waals surface area contributed by atoms with Crippen LogP contribution in [0.5, 0.6) is 5.75 Å². The maximum atomic E-state index is 11.1. The summed E-state index contributed by atoms with van der Waals surface area (Å²) in [6.45, 7) is 4.29. The van der Waals surface area contributed by atoms with E-state index in [1.54, 1.807) is 0 Å². The number of ether oxygens (including phenoxy) is 1. The maximum absolute atomic E-state index is 11.1. The fourth-order valence-electron chi connectivity index (χ4n) is 1.72. The molecule has 1 aliphatic heterocycles. The lowest BCUT2D eigenvalue weighted by molar-refractivity contribution is -0.121. The third kappa shape index (κ3) is 1.44. The number of benzene rings is 1. The largest absolute Gasteiger partial charge is 0.486 e. The first-order chi connectivity index (χ1) is 6.16. The van der Waals surface area contributed by atoms with E-state index in [2.05, 4.69) is 6.07 Å². The molecule has 0 saturated heterocycles. The third-order valence-electron chi connectivity index (χ3n) is 2.34. The SMILES string of the molecule is Cc1cc(C)c2c(c1)OCC(=O)C2. The van der Waals surface area contributed by atoms with Crippen LogP contribution in [0.1, 0.15) is 16.7 Å².